The number of anilines is 1. The average Bonchev–Trinajstić information content (AvgIpc) is 2.91. The van der Waals surface area contributed by atoms with Crippen molar-refractivity contribution in [3.8, 4) is 11.5 Å². The Kier molecular flexibility index (Phi) is 8.63. The molecule has 10 nitrogen and oxygen atoms in total. The van der Waals surface area contributed by atoms with Gasteiger partial charge in [0, 0.05) is 6.07 Å². The molecular weight excluding hydrogens is 486 g/mol. The van der Waals surface area contributed by atoms with Gasteiger partial charge in [-0.25, -0.2) is 18.6 Å². The maximum atomic E-state index is 13.5. The van der Waals surface area contributed by atoms with Crippen LogP contribution in [0.15, 0.2) is 82.8 Å². The molecule has 0 atom stereocenters. The van der Waals surface area contributed by atoms with Crippen LogP contribution < -0.4 is 19.2 Å². The van der Waals surface area contributed by atoms with Crippen LogP contribution in [0.25, 0.3) is 0 Å². The highest BCUT2D eigenvalue weighted by Crippen LogP contribution is 2.35. The normalized spacial score (nSPS) is 11.1. The number of sulfonamides is 1. The van der Waals surface area contributed by atoms with Crippen LogP contribution in [0.5, 0.6) is 11.5 Å². The van der Waals surface area contributed by atoms with Gasteiger partial charge in [0.2, 0.25) is 0 Å². The Labute approximate surface area is 209 Å². The van der Waals surface area contributed by atoms with Gasteiger partial charge in [-0.2, -0.15) is 5.10 Å². The molecule has 3 rings (SSSR count). The third kappa shape index (κ3) is 6.19. The Hall–Kier alpha value is -4.38. The van der Waals surface area contributed by atoms with E-state index in [4.69, 9.17) is 9.47 Å². The maximum Gasteiger partial charge on any atom is 0.337 e. The molecule has 36 heavy (non-hydrogen) atoms. The van der Waals surface area contributed by atoms with Gasteiger partial charge in [0.25, 0.3) is 15.9 Å². The van der Waals surface area contributed by atoms with Crippen LogP contribution >= 0.6 is 0 Å². The summed E-state index contributed by atoms with van der Waals surface area (Å²) in [7, 11) is -0.0283. The van der Waals surface area contributed by atoms with Gasteiger partial charge in [-0.3, -0.25) is 9.10 Å². The van der Waals surface area contributed by atoms with E-state index < -0.39 is 28.4 Å². The van der Waals surface area contributed by atoms with Crippen molar-refractivity contribution >= 4 is 33.8 Å². The average molecular weight is 512 g/mol. The molecule has 0 aliphatic carbocycles. The summed E-state index contributed by atoms with van der Waals surface area (Å²) in [5.41, 5.74) is 3.42. The number of nitrogens with one attached hydrogen (secondary N) is 1. The van der Waals surface area contributed by atoms with E-state index in [9.17, 15) is 18.0 Å². The Morgan fingerprint density at radius 3 is 2.25 bits per heavy atom. The molecule has 0 radical (unpaired) electrons. The van der Waals surface area contributed by atoms with E-state index in [2.05, 4.69) is 15.3 Å². The second kappa shape index (κ2) is 11.8. The molecule has 0 unspecified atom stereocenters. The third-order valence-corrected chi connectivity index (χ3v) is 6.78. The summed E-state index contributed by atoms with van der Waals surface area (Å²) >= 11 is 0. The summed E-state index contributed by atoms with van der Waals surface area (Å²) < 4.78 is 43.2. The Balaban J connectivity index is 1.86. The van der Waals surface area contributed by atoms with Crippen molar-refractivity contribution in [2.75, 3.05) is 32.2 Å². The first-order valence-electron chi connectivity index (χ1n) is 10.6. The van der Waals surface area contributed by atoms with Crippen LogP contribution in [0.4, 0.5) is 5.69 Å². The van der Waals surface area contributed by atoms with Crippen molar-refractivity contribution in [1.82, 2.24) is 5.43 Å². The summed E-state index contributed by atoms with van der Waals surface area (Å²) in [5, 5.41) is 3.90. The lowest BCUT2D eigenvalue weighted by molar-refractivity contribution is -0.119. The second-order valence-corrected chi connectivity index (χ2v) is 9.13. The predicted octanol–water partition coefficient (Wildman–Crippen LogP) is 2.84. The van der Waals surface area contributed by atoms with Gasteiger partial charge in [-0.05, 0) is 42.0 Å². The number of carbonyl (C=O) groups excluding carboxylic acids is 2. The van der Waals surface area contributed by atoms with E-state index in [0.717, 1.165) is 4.31 Å². The number of methoxy groups -OCH3 is 3. The number of hydrogen-bond acceptors (Lipinski definition) is 8. The van der Waals surface area contributed by atoms with Crippen molar-refractivity contribution in [2.24, 2.45) is 5.10 Å². The molecule has 3 aromatic carbocycles. The lowest BCUT2D eigenvalue weighted by Gasteiger charge is -2.25. The first kappa shape index (κ1) is 26.2. The van der Waals surface area contributed by atoms with Crippen molar-refractivity contribution in [1.29, 1.82) is 0 Å². The van der Waals surface area contributed by atoms with E-state index in [0.29, 0.717) is 16.9 Å². The molecule has 0 spiro atoms. The Bertz CT molecular complexity index is 1340. The molecule has 0 aliphatic heterocycles. The number of amides is 1. The molecule has 0 fully saturated rings. The summed E-state index contributed by atoms with van der Waals surface area (Å²) in [6.07, 6.45) is 1.36. The molecular formula is C25H25N3O7S. The summed E-state index contributed by atoms with van der Waals surface area (Å²) in [4.78, 5) is 24.3. The van der Waals surface area contributed by atoms with E-state index in [-0.39, 0.29) is 16.3 Å². The molecule has 3 aromatic rings. The highest BCUT2D eigenvalue weighted by molar-refractivity contribution is 7.92. The Morgan fingerprint density at radius 2 is 1.64 bits per heavy atom. The monoisotopic (exact) mass is 511 g/mol. The number of benzene rings is 3. The summed E-state index contributed by atoms with van der Waals surface area (Å²) in [6.45, 7) is -0.584. The quantitative estimate of drug-likeness (QED) is 0.252. The molecule has 188 valence electrons. The molecule has 0 saturated heterocycles. The van der Waals surface area contributed by atoms with E-state index in [1.807, 2.05) is 0 Å². The van der Waals surface area contributed by atoms with Gasteiger partial charge in [-0.15, -0.1) is 0 Å². The maximum absolute atomic E-state index is 13.5. The molecule has 0 heterocycles. The van der Waals surface area contributed by atoms with Gasteiger partial charge in [0.15, 0.2) is 0 Å². The van der Waals surface area contributed by atoms with Crippen LogP contribution in [-0.4, -0.2) is 54.4 Å². The minimum atomic E-state index is -4.16. The highest BCUT2D eigenvalue weighted by Gasteiger charge is 2.29. The predicted molar refractivity (Wildman–Crippen MR) is 134 cm³/mol. The van der Waals surface area contributed by atoms with Crippen LogP contribution in [0.2, 0.25) is 0 Å². The molecule has 0 aliphatic rings. The zero-order chi connectivity index (χ0) is 26.1. The zero-order valence-corrected chi connectivity index (χ0v) is 20.7. The standard InChI is InChI=1S/C25H25N3O7S/c1-33-20-13-14-23(34-2)22(15-20)28(36(31,32)21-7-5-4-6-8-21)17-24(29)27-26-16-18-9-11-19(12-10-18)25(30)35-3/h4-16H,17H2,1-3H3,(H,27,29)/b26-16-. The van der Waals surface area contributed by atoms with Crippen LogP contribution in [0.3, 0.4) is 0 Å². The fourth-order valence-electron chi connectivity index (χ4n) is 3.18. The van der Waals surface area contributed by atoms with Gasteiger partial charge in [0.1, 0.15) is 18.0 Å². The number of esters is 1. The number of hydrazone groups is 1. The molecule has 0 saturated carbocycles. The fourth-order valence-corrected chi connectivity index (χ4v) is 4.62. The van der Waals surface area contributed by atoms with Crippen molar-refractivity contribution in [3.63, 3.8) is 0 Å². The lowest BCUT2D eigenvalue weighted by Crippen LogP contribution is -2.39. The highest BCUT2D eigenvalue weighted by atomic mass is 32.2. The van der Waals surface area contributed by atoms with Gasteiger partial charge in [-0.1, -0.05) is 30.3 Å². The first-order valence-corrected chi connectivity index (χ1v) is 12.0. The lowest BCUT2D eigenvalue weighted by atomic mass is 10.1. The number of ether oxygens (including phenoxy) is 3. The first-order chi connectivity index (χ1) is 17.3. The third-order valence-electron chi connectivity index (χ3n) is 5.01. The minimum absolute atomic E-state index is 0.00290. The van der Waals surface area contributed by atoms with E-state index in [1.165, 1.54) is 45.7 Å². The summed E-state index contributed by atoms with van der Waals surface area (Å²) in [6, 6.07) is 18.7. The molecule has 0 bridgehead atoms. The van der Waals surface area contributed by atoms with Crippen LogP contribution in [0.1, 0.15) is 15.9 Å². The van der Waals surface area contributed by atoms with E-state index in [1.54, 1.807) is 54.6 Å². The van der Waals surface area contributed by atoms with E-state index >= 15 is 0 Å². The van der Waals surface area contributed by atoms with Crippen molar-refractivity contribution in [2.45, 2.75) is 4.90 Å². The molecule has 1 amide bonds. The molecule has 1 N–H and O–H groups in total. The molecule has 11 heteroatoms. The zero-order valence-electron chi connectivity index (χ0n) is 19.9. The smallest absolute Gasteiger partial charge is 0.337 e. The topological polar surface area (TPSA) is 124 Å². The number of hydrogen-bond donors (Lipinski definition) is 1. The van der Waals surface area contributed by atoms with Gasteiger partial charge < -0.3 is 14.2 Å². The minimum Gasteiger partial charge on any atom is -0.497 e. The van der Waals surface area contributed by atoms with Gasteiger partial charge in [0.05, 0.1) is 43.7 Å². The van der Waals surface area contributed by atoms with Crippen molar-refractivity contribution < 1.29 is 32.2 Å². The SMILES string of the molecule is COC(=O)c1ccc(/C=N\NC(=O)CN(c2cc(OC)ccc2OC)S(=O)(=O)c2ccccc2)cc1. The van der Waals surface area contributed by atoms with Gasteiger partial charge >= 0.3 is 5.97 Å². The largest absolute Gasteiger partial charge is 0.497 e. The second-order valence-electron chi connectivity index (χ2n) is 7.27. The Morgan fingerprint density at radius 1 is 0.944 bits per heavy atom. The fraction of sp³-hybridized carbons (Fsp3) is 0.160. The van der Waals surface area contributed by atoms with Crippen LogP contribution in [0, 0.1) is 0 Å². The number of carbonyl (C=O) groups is 2. The molecule has 0 aromatic heterocycles. The van der Waals surface area contributed by atoms with Crippen LogP contribution in [-0.2, 0) is 19.6 Å². The summed E-state index contributed by atoms with van der Waals surface area (Å²) in [5.74, 6) is -0.550. The number of rotatable bonds is 10. The van der Waals surface area contributed by atoms with Crippen molar-refractivity contribution in [3.05, 3.63) is 83.9 Å². The number of nitrogens with zero attached hydrogens (tertiary/aromatic N) is 2.